The number of hydrogen-bond donors (Lipinski definition) is 3. The van der Waals surface area contributed by atoms with Crippen LogP contribution < -0.4 is 14.8 Å². The van der Waals surface area contributed by atoms with Gasteiger partial charge in [0.2, 0.25) is 20.0 Å². The second kappa shape index (κ2) is 7.69. The Bertz CT molecular complexity index is 659. The molecule has 0 unspecified atom stereocenters. The maximum Gasteiger partial charge on any atom is 0.244 e. The van der Waals surface area contributed by atoms with Gasteiger partial charge in [-0.15, -0.1) is 0 Å². The van der Waals surface area contributed by atoms with Gasteiger partial charge in [0.15, 0.2) is 0 Å². The van der Waals surface area contributed by atoms with E-state index in [1.54, 1.807) is 6.07 Å². The average molecular weight is 336 g/mol. The Kier molecular flexibility index (Phi) is 6.52. The zero-order chi connectivity index (χ0) is 15.9. The van der Waals surface area contributed by atoms with Crippen LogP contribution in [0.5, 0.6) is 0 Å². The van der Waals surface area contributed by atoms with Crippen LogP contribution in [0.15, 0.2) is 23.2 Å². The number of nitrogens with zero attached hydrogens (tertiary/aromatic N) is 1. The molecule has 0 aliphatic rings. The quantitative estimate of drug-likeness (QED) is 0.535. The number of aromatic nitrogens is 1. The molecule has 8 nitrogen and oxygen atoms in total. The van der Waals surface area contributed by atoms with E-state index in [4.69, 9.17) is 0 Å². The summed E-state index contributed by atoms with van der Waals surface area (Å²) < 4.78 is 50.8. The highest BCUT2D eigenvalue weighted by Crippen LogP contribution is 2.17. The Morgan fingerprint density at radius 2 is 1.81 bits per heavy atom. The molecule has 1 aromatic rings. The Morgan fingerprint density at radius 1 is 1.14 bits per heavy atom. The summed E-state index contributed by atoms with van der Waals surface area (Å²) in [4.78, 5) is 4.06. The molecule has 0 saturated carbocycles. The van der Waals surface area contributed by atoms with Gasteiger partial charge in [-0.25, -0.2) is 31.3 Å². The van der Waals surface area contributed by atoms with Crippen LogP contribution in [0.3, 0.4) is 0 Å². The van der Waals surface area contributed by atoms with Gasteiger partial charge in [-0.1, -0.05) is 0 Å². The van der Waals surface area contributed by atoms with E-state index in [0.717, 1.165) is 6.26 Å². The van der Waals surface area contributed by atoms with Crippen molar-refractivity contribution in [3.63, 3.8) is 0 Å². The van der Waals surface area contributed by atoms with Gasteiger partial charge in [-0.05, 0) is 25.5 Å². The van der Waals surface area contributed by atoms with Crippen LogP contribution in [-0.4, -0.2) is 47.7 Å². The molecule has 1 aromatic heterocycles. The SMILES string of the molecule is CCNc1ncccc1S(=O)(=O)NCCCNS(C)(=O)=O. The first-order valence-electron chi connectivity index (χ1n) is 6.39. The highest BCUT2D eigenvalue weighted by atomic mass is 32.2. The fraction of sp³-hybridized carbons (Fsp3) is 0.545. The number of hydrogen-bond acceptors (Lipinski definition) is 6. The third-order valence-electron chi connectivity index (χ3n) is 2.41. The van der Waals surface area contributed by atoms with Crippen LogP contribution in [0.4, 0.5) is 5.82 Å². The van der Waals surface area contributed by atoms with Crippen LogP contribution in [0.1, 0.15) is 13.3 Å². The van der Waals surface area contributed by atoms with Crippen molar-refractivity contribution < 1.29 is 16.8 Å². The van der Waals surface area contributed by atoms with Crippen molar-refractivity contribution in [2.45, 2.75) is 18.2 Å². The van der Waals surface area contributed by atoms with Gasteiger partial charge in [0.05, 0.1) is 6.26 Å². The predicted molar refractivity (Wildman–Crippen MR) is 81.1 cm³/mol. The lowest BCUT2D eigenvalue weighted by molar-refractivity contribution is 0.575. The van der Waals surface area contributed by atoms with Crippen molar-refractivity contribution in [2.24, 2.45) is 0 Å². The lowest BCUT2D eigenvalue weighted by Crippen LogP contribution is -2.30. The smallest absolute Gasteiger partial charge is 0.244 e. The molecule has 0 spiro atoms. The molecule has 0 saturated heterocycles. The van der Waals surface area contributed by atoms with Gasteiger partial charge in [-0.3, -0.25) is 0 Å². The molecule has 21 heavy (non-hydrogen) atoms. The minimum absolute atomic E-state index is 0.0722. The molecule has 0 aliphatic heterocycles. The average Bonchev–Trinajstić information content (AvgIpc) is 2.37. The lowest BCUT2D eigenvalue weighted by atomic mass is 10.4. The second-order valence-corrected chi connectivity index (χ2v) is 7.87. The highest BCUT2D eigenvalue weighted by Gasteiger charge is 2.18. The maximum atomic E-state index is 12.2. The summed E-state index contributed by atoms with van der Waals surface area (Å²) in [5.41, 5.74) is 0. The number of sulfonamides is 2. The topological polar surface area (TPSA) is 117 Å². The first-order valence-corrected chi connectivity index (χ1v) is 9.77. The fourth-order valence-electron chi connectivity index (χ4n) is 1.54. The Balaban J connectivity index is 2.62. The number of nitrogens with one attached hydrogen (secondary N) is 3. The normalized spacial score (nSPS) is 12.3. The molecule has 1 heterocycles. The highest BCUT2D eigenvalue weighted by molar-refractivity contribution is 7.89. The molecule has 0 aromatic carbocycles. The van der Waals surface area contributed by atoms with Crippen molar-refractivity contribution in [3.05, 3.63) is 18.3 Å². The summed E-state index contributed by atoms with van der Waals surface area (Å²) in [6.45, 7) is 2.70. The van der Waals surface area contributed by atoms with Gasteiger partial charge in [0.25, 0.3) is 0 Å². The molecule has 0 amide bonds. The summed E-state index contributed by atoms with van der Waals surface area (Å²) in [5, 5.41) is 2.88. The molecule has 0 radical (unpaired) electrons. The van der Waals surface area contributed by atoms with Crippen molar-refractivity contribution in [1.29, 1.82) is 0 Å². The maximum absolute atomic E-state index is 12.2. The Morgan fingerprint density at radius 3 is 2.43 bits per heavy atom. The van der Waals surface area contributed by atoms with Gasteiger partial charge in [-0.2, -0.15) is 0 Å². The number of anilines is 1. The molecule has 0 aliphatic carbocycles. The van der Waals surface area contributed by atoms with Gasteiger partial charge in [0.1, 0.15) is 10.7 Å². The zero-order valence-corrected chi connectivity index (χ0v) is 13.6. The monoisotopic (exact) mass is 336 g/mol. The lowest BCUT2D eigenvalue weighted by Gasteiger charge is -2.11. The van der Waals surface area contributed by atoms with E-state index in [9.17, 15) is 16.8 Å². The Hall–Kier alpha value is -1.23. The standard InChI is InChI=1S/C11H20N4O4S2/c1-3-12-11-10(6-4-7-13-11)21(18,19)15-9-5-8-14-20(2,16)17/h4,6-7,14-15H,3,5,8-9H2,1-2H3,(H,12,13). The van der Waals surface area contributed by atoms with E-state index in [1.807, 2.05) is 6.92 Å². The van der Waals surface area contributed by atoms with Crippen molar-refractivity contribution >= 4 is 25.9 Å². The fourth-order valence-corrected chi connectivity index (χ4v) is 3.26. The Labute approximate surface area is 125 Å². The van der Waals surface area contributed by atoms with E-state index in [-0.39, 0.29) is 18.0 Å². The zero-order valence-electron chi connectivity index (χ0n) is 12.0. The van der Waals surface area contributed by atoms with Crippen LogP contribution in [-0.2, 0) is 20.0 Å². The van der Waals surface area contributed by atoms with E-state index < -0.39 is 20.0 Å². The van der Waals surface area contributed by atoms with Gasteiger partial charge >= 0.3 is 0 Å². The number of rotatable bonds is 9. The summed E-state index contributed by atoms with van der Waals surface area (Å²) in [6, 6.07) is 3.00. The van der Waals surface area contributed by atoms with E-state index in [1.165, 1.54) is 12.3 Å². The predicted octanol–water partition coefficient (Wildman–Crippen LogP) is -0.269. The third-order valence-corrected chi connectivity index (χ3v) is 4.64. The molecule has 0 fully saturated rings. The molecular weight excluding hydrogens is 316 g/mol. The third kappa shape index (κ3) is 6.38. The van der Waals surface area contributed by atoms with Crippen LogP contribution in [0, 0.1) is 0 Å². The first kappa shape index (κ1) is 17.8. The molecule has 1 rings (SSSR count). The molecule has 3 N–H and O–H groups in total. The van der Waals surface area contributed by atoms with Crippen LogP contribution >= 0.6 is 0 Å². The summed E-state index contributed by atoms with van der Waals surface area (Å²) >= 11 is 0. The van der Waals surface area contributed by atoms with E-state index >= 15 is 0 Å². The van der Waals surface area contributed by atoms with Crippen molar-refractivity contribution in [2.75, 3.05) is 31.2 Å². The molecule has 120 valence electrons. The summed E-state index contributed by atoms with van der Waals surface area (Å²) in [6.07, 6.45) is 2.91. The van der Waals surface area contributed by atoms with Crippen LogP contribution in [0.2, 0.25) is 0 Å². The minimum Gasteiger partial charge on any atom is -0.369 e. The summed E-state index contributed by atoms with van der Waals surface area (Å²) in [5.74, 6) is 0.293. The molecular formula is C11H20N4O4S2. The molecule has 0 bridgehead atoms. The minimum atomic E-state index is -3.68. The second-order valence-electron chi connectivity index (χ2n) is 4.30. The van der Waals surface area contributed by atoms with Crippen molar-refractivity contribution in [1.82, 2.24) is 14.4 Å². The van der Waals surface area contributed by atoms with Crippen LogP contribution in [0.25, 0.3) is 0 Å². The van der Waals surface area contributed by atoms with E-state index in [2.05, 4.69) is 19.7 Å². The summed E-state index contributed by atoms with van der Waals surface area (Å²) in [7, 11) is -6.93. The largest absolute Gasteiger partial charge is 0.369 e. The number of pyridine rings is 1. The van der Waals surface area contributed by atoms with Gasteiger partial charge in [0, 0.05) is 25.8 Å². The first-order chi connectivity index (χ1) is 9.76. The molecule has 10 heteroatoms. The van der Waals surface area contributed by atoms with Gasteiger partial charge < -0.3 is 5.32 Å². The molecule has 0 atom stereocenters. The van der Waals surface area contributed by atoms with Crippen molar-refractivity contribution in [3.8, 4) is 0 Å². The van der Waals surface area contributed by atoms with E-state index in [0.29, 0.717) is 18.8 Å².